The minimum Gasteiger partial charge on any atom is -0.480 e. The molecule has 0 radical (unpaired) electrons. The molecular weight excluding hydrogens is 186 g/mol. The van der Waals surface area contributed by atoms with E-state index in [4.69, 9.17) is 5.11 Å². The molecule has 78 valence electrons. The van der Waals surface area contributed by atoms with E-state index in [1.165, 1.54) is 6.08 Å². The number of nitrogens with one attached hydrogen (secondary N) is 1. The molecule has 0 spiro atoms. The monoisotopic (exact) mass is 199 g/mol. The van der Waals surface area contributed by atoms with Gasteiger partial charge in [-0.05, 0) is 18.8 Å². The number of carboxylic acid groups (broad SMARTS) is 1. The Bertz CT molecular complexity index is 247. The third-order valence-electron chi connectivity index (χ3n) is 1.97. The van der Waals surface area contributed by atoms with Crippen LogP contribution in [0, 0.1) is 5.92 Å². The Morgan fingerprint density at radius 1 is 1.64 bits per heavy atom. The fraction of sp³-hybridized carbons (Fsp3) is 0.556. The van der Waals surface area contributed by atoms with Crippen LogP contribution in [0.15, 0.2) is 12.7 Å². The first-order chi connectivity index (χ1) is 6.65. The lowest BCUT2D eigenvalue weighted by molar-refractivity contribution is -0.139. The Labute approximate surface area is 81.7 Å². The summed E-state index contributed by atoms with van der Waals surface area (Å²) >= 11 is 0. The summed E-state index contributed by atoms with van der Waals surface area (Å²) in [6, 6.07) is -0.813. The van der Waals surface area contributed by atoms with Gasteiger partial charge in [0.25, 0.3) is 0 Å². The molecule has 5 heteroatoms. The first-order valence-electron chi connectivity index (χ1n) is 4.42. The van der Waals surface area contributed by atoms with E-state index in [0.717, 1.165) is 12.8 Å². The number of rotatable bonds is 5. The molecule has 1 saturated carbocycles. The summed E-state index contributed by atoms with van der Waals surface area (Å²) in [6.07, 6.45) is 2.41. The van der Waals surface area contributed by atoms with Crippen LogP contribution in [-0.2, 0) is 9.53 Å². The lowest BCUT2D eigenvalue weighted by Gasteiger charge is -2.12. The van der Waals surface area contributed by atoms with Gasteiger partial charge in [0, 0.05) is 0 Å². The highest BCUT2D eigenvalue weighted by atomic mass is 16.5. The number of carboxylic acids is 1. The van der Waals surface area contributed by atoms with E-state index in [1.807, 2.05) is 0 Å². The van der Waals surface area contributed by atoms with Crippen molar-refractivity contribution >= 4 is 12.1 Å². The standard InChI is InChI=1S/C9H13NO4/c1-2-5-14-9(13)10-7(8(11)12)6-3-4-6/h2,6-7H,1,3-5H2,(H,10,13)(H,11,12)/t7-/m0/s1. The van der Waals surface area contributed by atoms with E-state index in [1.54, 1.807) is 0 Å². The quantitative estimate of drug-likeness (QED) is 0.641. The number of alkyl carbamates (subject to hydrolysis) is 1. The average Bonchev–Trinajstić information content (AvgIpc) is 2.93. The van der Waals surface area contributed by atoms with Crippen molar-refractivity contribution in [2.24, 2.45) is 5.92 Å². The number of carbonyl (C=O) groups is 2. The molecule has 0 bridgehead atoms. The van der Waals surface area contributed by atoms with E-state index in [0.29, 0.717) is 0 Å². The molecule has 1 amide bonds. The van der Waals surface area contributed by atoms with Crippen LogP contribution in [0.3, 0.4) is 0 Å². The number of ether oxygens (including phenoxy) is 1. The average molecular weight is 199 g/mol. The van der Waals surface area contributed by atoms with Crippen LogP contribution in [0.25, 0.3) is 0 Å². The minimum atomic E-state index is -1.01. The van der Waals surface area contributed by atoms with E-state index in [9.17, 15) is 9.59 Å². The Balaban J connectivity index is 2.34. The van der Waals surface area contributed by atoms with Crippen LogP contribution in [0.2, 0.25) is 0 Å². The molecule has 0 aromatic heterocycles. The summed E-state index contributed by atoms with van der Waals surface area (Å²) in [4.78, 5) is 21.7. The largest absolute Gasteiger partial charge is 0.480 e. The summed E-state index contributed by atoms with van der Waals surface area (Å²) in [5.74, 6) is -0.952. The summed E-state index contributed by atoms with van der Waals surface area (Å²) < 4.78 is 4.62. The Morgan fingerprint density at radius 3 is 2.71 bits per heavy atom. The Morgan fingerprint density at radius 2 is 2.29 bits per heavy atom. The van der Waals surface area contributed by atoms with Gasteiger partial charge in [0.2, 0.25) is 0 Å². The normalized spacial score (nSPS) is 16.9. The van der Waals surface area contributed by atoms with Gasteiger partial charge in [-0.2, -0.15) is 0 Å². The number of hydrogen-bond donors (Lipinski definition) is 2. The number of amides is 1. The third kappa shape index (κ3) is 3.08. The molecule has 0 aromatic rings. The van der Waals surface area contributed by atoms with Gasteiger partial charge in [0.15, 0.2) is 0 Å². The lowest BCUT2D eigenvalue weighted by Crippen LogP contribution is -2.42. The molecule has 1 aliphatic rings. The Hall–Kier alpha value is -1.52. The number of aliphatic carboxylic acids is 1. The van der Waals surface area contributed by atoms with Gasteiger partial charge >= 0.3 is 12.1 Å². The summed E-state index contributed by atoms with van der Waals surface area (Å²) in [6.45, 7) is 3.46. The number of carbonyl (C=O) groups excluding carboxylic acids is 1. The van der Waals surface area contributed by atoms with Gasteiger partial charge in [-0.15, -0.1) is 0 Å². The van der Waals surface area contributed by atoms with E-state index >= 15 is 0 Å². The number of hydrogen-bond acceptors (Lipinski definition) is 3. The van der Waals surface area contributed by atoms with Crippen molar-refractivity contribution in [2.45, 2.75) is 18.9 Å². The molecule has 0 unspecified atom stereocenters. The van der Waals surface area contributed by atoms with Crippen molar-refractivity contribution in [1.29, 1.82) is 0 Å². The zero-order valence-electron chi connectivity index (χ0n) is 7.73. The van der Waals surface area contributed by atoms with Gasteiger partial charge in [-0.1, -0.05) is 12.7 Å². The SMILES string of the molecule is C=CCOC(=O)N[C@H](C(=O)O)C1CC1. The first kappa shape index (κ1) is 10.6. The minimum absolute atomic E-state index is 0.0591. The Kier molecular flexibility index (Phi) is 3.50. The zero-order chi connectivity index (χ0) is 10.6. The lowest BCUT2D eigenvalue weighted by atomic mass is 10.2. The molecule has 1 rings (SSSR count). The van der Waals surface area contributed by atoms with Crippen molar-refractivity contribution in [2.75, 3.05) is 6.61 Å². The summed E-state index contributed by atoms with van der Waals surface area (Å²) in [7, 11) is 0. The second-order valence-electron chi connectivity index (χ2n) is 3.18. The third-order valence-corrected chi connectivity index (χ3v) is 1.97. The molecule has 0 saturated heterocycles. The van der Waals surface area contributed by atoms with Crippen LogP contribution in [0.5, 0.6) is 0 Å². The second kappa shape index (κ2) is 4.64. The van der Waals surface area contributed by atoms with Crippen LogP contribution < -0.4 is 5.32 Å². The van der Waals surface area contributed by atoms with Gasteiger partial charge in [-0.25, -0.2) is 9.59 Å². The zero-order valence-corrected chi connectivity index (χ0v) is 7.73. The molecule has 5 nitrogen and oxygen atoms in total. The van der Waals surface area contributed by atoms with Crippen molar-refractivity contribution in [3.05, 3.63) is 12.7 Å². The molecular formula is C9H13NO4. The van der Waals surface area contributed by atoms with Crippen LogP contribution in [0.4, 0.5) is 4.79 Å². The van der Waals surface area contributed by atoms with Crippen LogP contribution >= 0.6 is 0 Å². The second-order valence-corrected chi connectivity index (χ2v) is 3.18. The van der Waals surface area contributed by atoms with Gasteiger partial charge in [-0.3, -0.25) is 0 Å². The molecule has 1 atom stereocenters. The van der Waals surface area contributed by atoms with Crippen molar-refractivity contribution in [3.63, 3.8) is 0 Å². The maximum atomic E-state index is 11.0. The van der Waals surface area contributed by atoms with E-state index in [-0.39, 0.29) is 12.5 Å². The molecule has 1 fully saturated rings. The fourth-order valence-electron chi connectivity index (χ4n) is 1.11. The highest BCUT2D eigenvalue weighted by Crippen LogP contribution is 2.32. The van der Waals surface area contributed by atoms with Crippen molar-refractivity contribution < 1.29 is 19.4 Å². The molecule has 1 aliphatic carbocycles. The van der Waals surface area contributed by atoms with Gasteiger partial charge in [0.1, 0.15) is 12.6 Å². The first-order valence-corrected chi connectivity index (χ1v) is 4.42. The molecule has 0 aliphatic heterocycles. The molecule has 0 heterocycles. The predicted molar refractivity (Wildman–Crippen MR) is 48.8 cm³/mol. The van der Waals surface area contributed by atoms with Gasteiger partial charge < -0.3 is 15.2 Å². The topological polar surface area (TPSA) is 75.6 Å². The van der Waals surface area contributed by atoms with Crippen molar-refractivity contribution in [1.82, 2.24) is 5.32 Å². The van der Waals surface area contributed by atoms with E-state index in [2.05, 4.69) is 16.6 Å². The molecule has 2 N–H and O–H groups in total. The van der Waals surface area contributed by atoms with E-state index < -0.39 is 18.1 Å². The molecule has 0 aromatic carbocycles. The maximum absolute atomic E-state index is 11.0. The van der Waals surface area contributed by atoms with Crippen LogP contribution in [-0.4, -0.2) is 29.8 Å². The fourth-order valence-corrected chi connectivity index (χ4v) is 1.11. The smallest absolute Gasteiger partial charge is 0.408 e. The maximum Gasteiger partial charge on any atom is 0.408 e. The molecule has 14 heavy (non-hydrogen) atoms. The summed E-state index contributed by atoms with van der Waals surface area (Å²) in [5, 5.41) is 11.1. The highest BCUT2D eigenvalue weighted by molar-refractivity contribution is 5.80. The highest BCUT2D eigenvalue weighted by Gasteiger charge is 2.37. The predicted octanol–water partition coefficient (Wildman–Crippen LogP) is 0.762. The van der Waals surface area contributed by atoms with Crippen LogP contribution in [0.1, 0.15) is 12.8 Å². The van der Waals surface area contributed by atoms with Crippen molar-refractivity contribution in [3.8, 4) is 0 Å². The summed E-state index contributed by atoms with van der Waals surface area (Å²) in [5.41, 5.74) is 0. The van der Waals surface area contributed by atoms with Gasteiger partial charge in [0.05, 0.1) is 0 Å².